The van der Waals surface area contributed by atoms with Crippen LogP contribution < -0.4 is 0 Å². The molecule has 2 nitrogen and oxygen atoms in total. The summed E-state index contributed by atoms with van der Waals surface area (Å²) in [5.74, 6) is 1.02. The van der Waals surface area contributed by atoms with Crippen molar-refractivity contribution in [2.24, 2.45) is 11.8 Å². The molecule has 0 N–H and O–H groups in total. The molecule has 1 saturated heterocycles. The van der Waals surface area contributed by atoms with E-state index < -0.39 is 0 Å². The van der Waals surface area contributed by atoms with Crippen molar-refractivity contribution >= 4 is 5.97 Å². The zero-order valence-electron chi connectivity index (χ0n) is 5.89. The maximum absolute atomic E-state index is 10.5. The number of carbonyl (C=O) groups excluding carboxylic acids is 1. The molecule has 0 aliphatic carbocycles. The summed E-state index contributed by atoms with van der Waals surface area (Å²) in [6.45, 7) is 4.87. The number of cyclic esters (lactones) is 1. The van der Waals surface area contributed by atoms with Crippen molar-refractivity contribution in [2.75, 3.05) is 6.61 Å². The van der Waals surface area contributed by atoms with Crippen molar-refractivity contribution in [1.82, 2.24) is 0 Å². The fourth-order valence-electron chi connectivity index (χ4n) is 0.960. The van der Waals surface area contributed by atoms with Crippen molar-refractivity contribution in [3.8, 4) is 0 Å². The van der Waals surface area contributed by atoms with E-state index in [-0.39, 0.29) is 5.97 Å². The lowest BCUT2D eigenvalue weighted by Crippen LogP contribution is -2.07. The molecule has 0 aromatic rings. The van der Waals surface area contributed by atoms with E-state index >= 15 is 0 Å². The first-order valence-corrected chi connectivity index (χ1v) is 3.36. The van der Waals surface area contributed by atoms with E-state index in [0.717, 1.165) is 0 Å². The van der Waals surface area contributed by atoms with Gasteiger partial charge in [0.05, 0.1) is 13.0 Å². The molecule has 0 unspecified atom stereocenters. The van der Waals surface area contributed by atoms with Gasteiger partial charge in [0.15, 0.2) is 0 Å². The maximum atomic E-state index is 10.5. The van der Waals surface area contributed by atoms with Gasteiger partial charge >= 0.3 is 5.97 Å². The molecule has 0 bridgehead atoms. The number of hydrogen-bond donors (Lipinski definition) is 0. The average Bonchev–Trinajstić information content (AvgIpc) is 2.14. The number of carbonyl (C=O) groups is 1. The van der Waals surface area contributed by atoms with Crippen molar-refractivity contribution in [2.45, 2.75) is 20.3 Å². The summed E-state index contributed by atoms with van der Waals surface area (Å²) in [6, 6.07) is 0. The monoisotopic (exact) mass is 128 g/mol. The van der Waals surface area contributed by atoms with Gasteiger partial charge in [-0.25, -0.2) is 0 Å². The van der Waals surface area contributed by atoms with Gasteiger partial charge in [-0.2, -0.15) is 0 Å². The molecular formula is C7H12O2. The topological polar surface area (TPSA) is 26.3 Å². The van der Waals surface area contributed by atoms with E-state index in [9.17, 15) is 4.79 Å². The summed E-state index contributed by atoms with van der Waals surface area (Å²) in [5.41, 5.74) is 0. The second-order valence-corrected chi connectivity index (χ2v) is 2.89. The Balaban J connectivity index is 2.39. The number of hydrogen-bond acceptors (Lipinski definition) is 2. The molecule has 1 aliphatic rings. The SMILES string of the molecule is CC(C)[C@H]1COC(=O)C1. The second-order valence-electron chi connectivity index (χ2n) is 2.89. The lowest BCUT2D eigenvalue weighted by Gasteiger charge is -2.07. The molecule has 0 aromatic heterocycles. The highest BCUT2D eigenvalue weighted by Crippen LogP contribution is 2.21. The van der Waals surface area contributed by atoms with E-state index in [2.05, 4.69) is 13.8 Å². The first-order chi connectivity index (χ1) is 4.20. The standard InChI is InChI=1S/C7H12O2/c1-5(2)6-3-7(8)9-4-6/h5-6H,3-4H2,1-2H3/t6-/m1/s1. The smallest absolute Gasteiger partial charge is 0.306 e. The molecule has 1 fully saturated rings. The first-order valence-electron chi connectivity index (χ1n) is 3.36. The summed E-state index contributed by atoms with van der Waals surface area (Å²) in [6.07, 6.45) is 0.623. The van der Waals surface area contributed by atoms with Crippen LogP contribution in [0.4, 0.5) is 0 Å². The Kier molecular flexibility index (Phi) is 1.74. The maximum Gasteiger partial charge on any atom is 0.306 e. The van der Waals surface area contributed by atoms with Crippen molar-refractivity contribution < 1.29 is 9.53 Å². The van der Waals surface area contributed by atoms with Crippen LogP contribution in [0.2, 0.25) is 0 Å². The Hall–Kier alpha value is -0.530. The van der Waals surface area contributed by atoms with Crippen LogP contribution in [0.15, 0.2) is 0 Å². The van der Waals surface area contributed by atoms with Crippen LogP contribution in [0, 0.1) is 11.8 Å². The zero-order valence-corrected chi connectivity index (χ0v) is 5.89. The largest absolute Gasteiger partial charge is 0.465 e. The fourth-order valence-corrected chi connectivity index (χ4v) is 0.960. The van der Waals surface area contributed by atoms with Gasteiger partial charge in [0.2, 0.25) is 0 Å². The fraction of sp³-hybridized carbons (Fsp3) is 0.857. The van der Waals surface area contributed by atoms with Crippen LogP contribution in [0.3, 0.4) is 0 Å². The molecule has 9 heavy (non-hydrogen) atoms. The molecule has 0 radical (unpaired) electrons. The molecule has 1 rings (SSSR count). The van der Waals surface area contributed by atoms with Crippen molar-refractivity contribution in [3.05, 3.63) is 0 Å². The Morgan fingerprint density at radius 2 is 2.33 bits per heavy atom. The van der Waals surface area contributed by atoms with Crippen molar-refractivity contribution in [1.29, 1.82) is 0 Å². The first kappa shape index (κ1) is 6.59. The van der Waals surface area contributed by atoms with Gasteiger partial charge in [-0.15, -0.1) is 0 Å². The van der Waals surface area contributed by atoms with E-state index in [1.54, 1.807) is 0 Å². The third kappa shape index (κ3) is 1.44. The lowest BCUT2D eigenvalue weighted by molar-refractivity contribution is -0.137. The highest BCUT2D eigenvalue weighted by Gasteiger charge is 2.25. The summed E-state index contributed by atoms with van der Waals surface area (Å²) in [7, 11) is 0. The zero-order chi connectivity index (χ0) is 6.85. The van der Waals surface area contributed by atoms with Crippen LogP contribution in [0.5, 0.6) is 0 Å². The Morgan fingerprint density at radius 3 is 2.56 bits per heavy atom. The predicted molar refractivity (Wildman–Crippen MR) is 33.9 cm³/mol. The molecular weight excluding hydrogens is 116 g/mol. The number of esters is 1. The third-order valence-electron chi connectivity index (χ3n) is 1.83. The highest BCUT2D eigenvalue weighted by molar-refractivity contribution is 5.71. The molecule has 1 heterocycles. The van der Waals surface area contributed by atoms with Crippen LogP contribution in [0.1, 0.15) is 20.3 Å². The third-order valence-corrected chi connectivity index (χ3v) is 1.83. The van der Waals surface area contributed by atoms with E-state index in [1.807, 2.05) is 0 Å². The number of rotatable bonds is 1. The molecule has 1 aliphatic heterocycles. The van der Waals surface area contributed by atoms with Gasteiger partial charge < -0.3 is 4.74 Å². The van der Waals surface area contributed by atoms with E-state index in [4.69, 9.17) is 4.74 Å². The van der Waals surface area contributed by atoms with Crippen molar-refractivity contribution in [3.63, 3.8) is 0 Å². The van der Waals surface area contributed by atoms with Gasteiger partial charge in [0, 0.05) is 5.92 Å². The molecule has 2 heteroatoms. The Bertz CT molecular complexity index is 118. The minimum Gasteiger partial charge on any atom is -0.465 e. The van der Waals surface area contributed by atoms with Gasteiger partial charge in [0.25, 0.3) is 0 Å². The molecule has 0 saturated carbocycles. The Morgan fingerprint density at radius 1 is 1.67 bits per heavy atom. The molecule has 52 valence electrons. The summed E-state index contributed by atoms with van der Waals surface area (Å²) >= 11 is 0. The van der Waals surface area contributed by atoms with Gasteiger partial charge in [0.1, 0.15) is 0 Å². The van der Waals surface area contributed by atoms with Gasteiger partial charge in [-0.05, 0) is 5.92 Å². The summed E-state index contributed by atoms with van der Waals surface area (Å²) in [5, 5.41) is 0. The number of ether oxygens (including phenoxy) is 1. The average molecular weight is 128 g/mol. The van der Waals surface area contributed by atoms with Crippen LogP contribution in [-0.2, 0) is 9.53 Å². The molecule has 0 aromatic carbocycles. The minimum atomic E-state index is -0.0336. The van der Waals surface area contributed by atoms with E-state index in [1.165, 1.54) is 0 Å². The minimum absolute atomic E-state index is 0.0336. The summed E-state index contributed by atoms with van der Waals surface area (Å²) in [4.78, 5) is 10.5. The quantitative estimate of drug-likeness (QED) is 0.496. The lowest BCUT2D eigenvalue weighted by atomic mass is 9.95. The van der Waals surface area contributed by atoms with Gasteiger partial charge in [-0.3, -0.25) is 4.79 Å². The van der Waals surface area contributed by atoms with Gasteiger partial charge in [-0.1, -0.05) is 13.8 Å². The molecule has 1 atom stereocenters. The van der Waals surface area contributed by atoms with Crippen LogP contribution >= 0.6 is 0 Å². The summed E-state index contributed by atoms with van der Waals surface area (Å²) < 4.78 is 4.79. The Labute approximate surface area is 55.2 Å². The van der Waals surface area contributed by atoms with Crippen LogP contribution in [-0.4, -0.2) is 12.6 Å². The highest BCUT2D eigenvalue weighted by atomic mass is 16.5. The molecule has 0 spiro atoms. The second kappa shape index (κ2) is 2.38. The van der Waals surface area contributed by atoms with Crippen LogP contribution in [0.25, 0.3) is 0 Å². The molecule has 0 amide bonds. The normalized spacial score (nSPS) is 27.0. The predicted octanol–water partition coefficient (Wildman–Crippen LogP) is 1.21. The van der Waals surface area contributed by atoms with E-state index in [0.29, 0.717) is 24.9 Å².